The Morgan fingerprint density at radius 2 is 1.07 bits per heavy atom. The lowest BCUT2D eigenvalue weighted by molar-refractivity contribution is -0.144. The van der Waals surface area contributed by atoms with E-state index in [0.29, 0.717) is 6.16 Å². The Kier molecular flexibility index (Phi) is 7.77. The molecule has 0 radical (unpaired) electrons. The Bertz CT molecular complexity index is 739. The average Bonchev–Trinajstić information content (AvgIpc) is 2.67. The topological polar surface area (TPSA) is 26.3 Å². The summed E-state index contributed by atoms with van der Waals surface area (Å²) < 4.78 is 5.56. The zero-order valence-electron chi connectivity index (χ0n) is 15.6. The third kappa shape index (κ3) is 4.86. The molecule has 0 unspecified atom stereocenters. The fourth-order valence-corrected chi connectivity index (χ4v) is 7.21. The second-order valence-electron chi connectivity index (χ2n) is 6.51. The van der Waals surface area contributed by atoms with E-state index >= 15 is 0 Å². The van der Waals surface area contributed by atoms with Crippen LogP contribution < -0.4 is 32.9 Å². The van der Waals surface area contributed by atoms with E-state index < -0.39 is 7.26 Å². The normalized spacial score (nSPS) is 10.9. The second-order valence-corrected chi connectivity index (χ2v) is 10.00. The molecule has 0 bridgehead atoms. The van der Waals surface area contributed by atoms with Crippen LogP contribution in [0.25, 0.3) is 0 Å². The van der Waals surface area contributed by atoms with Gasteiger partial charge in [-0.25, -0.2) is 4.79 Å². The van der Waals surface area contributed by atoms with Crippen molar-refractivity contribution in [3.05, 3.63) is 91.0 Å². The van der Waals surface area contributed by atoms with E-state index in [1.54, 1.807) is 0 Å². The quantitative estimate of drug-likeness (QED) is 0.419. The van der Waals surface area contributed by atoms with Gasteiger partial charge in [-0.05, 0) is 50.2 Å². The van der Waals surface area contributed by atoms with E-state index in [-0.39, 0.29) is 29.1 Å². The maximum Gasteiger partial charge on any atom is 0.345 e. The summed E-state index contributed by atoms with van der Waals surface area (Å²) in [6.45, 7) is 3.79. The summed E-state index contributed by atoms with van der Waals surface area (Å²) in [5, 5.41) is 3.58. The first-order chi connectivity index (χ1) is 12.6. The molecule has 0 aliphatic heterocycles. The molecule has 0 fully saturated rings. The van der Waals surface area contributed by atoms with Gasteiger partial charge in [0.2, 0.25) is 0 Å². The van der Waals surface area contributed by atoms with Crippen LogP contribution in [0, 0.1) is 0 Å². The van der Waals surface area contributed by atoms with Crippen LogP contribution in [0.3, 0.4) is 0 Å². The van der Waals surface area contributed by atoms with Crippen LogP contribution in [-0.2, 0) is 9.53 Å². The lowest BCUT2D eigenvalue weighted by atomic mass is 10.4. The lowest BCUT2D eigenvalue weighted by Gasteiger charge is -2.27. The van der Waals surface area contributed by atoms with Crippen molar-refractivity contribution in [2.45, 2.75) is 20.0 Å². The van der Waals surface area contributed by atoms with Gasteiger partial charge in [0.15, 0.2) is 6.16 Å². The summed E-state index contributed by atoms with van der Waals surface area (Å²) in [7, 11) is -2.14. The summed E-state index contributed by atoms with van der Waals surface area (Å²) in [6.07, 6.45) is 0.246. The van der Waals surface area contributed by atoms with Gasteiger partial charge in [0.05, 0.1) is 6.10 Å². The summed E-state index contributed by atoms with van der Waals surface area (Å²) >= 11 is 0. The fraction of sp³-hybridized carbons (Fsp3) is 0.174. The van der Waals surface area contributed by atoms with Gasteiger partial charge in [-0.1, -0.05) is 54.6 Å². The number of carbonyl (C=O) groups excluding carboxylic acids is 1. The first-order valence-corrected chi connectivity index (χ1v) is 10.8. The number of carbonyl (C=O) groups is 1. The van der Waals surface area contributed by atoms with E-state index in [1.807, 2.05) is 68.4 Å². The van der Waals surface area contributed by atoms with Gasteiger partial charge in [-0.3, -0.25) is 0 Å². The van der Waals surface area contributed by atoms with Gasteiger partial charge in [-0.2, -0.15) is 0 Å². The van der Waals surface area contributed by atoms with Gasteiger partial charge >= 0.3 is 5.97 Å². The van der Waals surface area contributed by atoms with Crippen LogP contribution in [0.1, 0.15) is 13.8 Å². The lowest BCUT2D eigenvalue weighted by Crippen LogP contribution is -3.00. The molecule has 0 N–H and O–H groups in total. The molecule has 3 aromatic rings. The van der Waals surface area contributed by atoms with E-state index in [0.717, 1.165) is 0 Å². The fourth-order valence-electron chi connectivity index (χ4n) is 3.26. The van der Waals surface area contributed by atoms with Crippen molar-refractivity contribution in [3.63, 3.8) is 0 Å². The van der Waals surface area contributed by atoms with Crippen molar-refractivity contribution in [3.8, 4) is 0 Å². The number of hydrogen-bond acceptors (Lipinski definition) is 2. The molecule has 0 amide bonds. The molecule has 0 aliphatic rings. The number of rotatable bonds is 6. The van der Waals surface area contributed by atoms with Crippen molar-refractivity contribution in [2.75, 3.05) is 6.16 Å². The first kappa shape index (κ1) is 21.3. The molecule has 27 heavy (non-hydrogen) atoms. The van der Waals surface area contributed by atoms with Crippen LogP contribution in [0.5, 0.6) is 0 Å². The average molecular weight is 443 g/mol. The van der Waals surface area contributed by atoms with Crippen LogP contribution >= 0.6 is 7.26 Å². The Balaban J connectivity index is 0.00000261. The zero-order valence-corrected chi connectivity index (χ0v) is 18.1. The van der Waals surface area contributed by atoms with E-state index in [2.05, 4.69) is 36.4 Å². The molecule has 3 rings (SSSR count). The second kappa shape index (κ2) is 9.82. The molecule has 140 valence electrons. The first-order valence-electron chi connectivity index (χ1n) is 8.87. The molecule has 0 saturated carbocycles. The minimum atomic E-state index is -2.14. The van der Waals surface area contributed by atoms with Crippen LogP contribution in [-0.4, -0.2) is 18.2 Å². The monoisotopic (exact) mass is 442 g/mol. The number of halogens is 1. The molecule has 2 nitrogen and oxygen atoms in total. The number of hydrogen-bond donors (Lipinski definition) is 0. The van der Waals surface area contributed by atoms with E-state index in [4.69, 9.17) is 4.74 Å². The molecule has 0 heterocycles. The summed E-state index contributed by atoms with van der Waals surface area (Å²) in [5.74, 6) is -0.148. The van der Waals surface area contributed by atoms with Crippen molar-refractivity contribution < 1.29 is 26.5 Å². The van der Waals surface area contributed by atoms with Gasteiger partial charge < -0.3 is 21.7 Å². The highest BCUT2D eigenvalue weighted by atomic mass is 79.9. The minimum absolute atomic E-state index is 0. The van der Waals surface area contributed by atoms with Gasteiger partial charge in [-0.15, -0.1) is 0 Å². The van der Waals surface area contributed by atoms with Crippen LogP contribution in [0.15, 0.2) is 91.0 Å². The highest BCUT2D eigenvalue weighted by molar-refractivity contribution is 7.96. The summed E-state index contributed by atoms with van der Waals surface area (Å²) in [6, 6.07) is 31.1. The van der Waals surface area contributed by atoms with E-state index in [9.17, 15) is 4.79 Å². The molecule has 0 atom stereocenters. The Labute approximate surface area is 172 Å². The third-order valence-electron chi connectivity index (χ3n) is 4.32. The highest BCUT2D eigenvalue weighted by Crippen LogP contribution is 2.55. The Morgan fingerprint density at radius 3 is 1.37 bits per heavy atom. The smallest absolute Gasteiger partial charge is 0.345 e. The summed E-state index contributed by atoms with van der Waals surface area (Å²) in [5.41, 5.74) is 0. The minimum Gasteiger partial charge on any atom is -1.00 e. The Morgan fingerprint density at radius 1 is 0.741 bits per heavy atom. The molecular formula is C23H24BrO2P. The number of ether oxygens (including phenoxy) is 1. The largest absolute Gasteiger partial charge is 1.00 e. The summed E-state index contributed by atoms with van der Waals surface area (Å²) in [4.78, 5) is 12.8. The van der Waals surface area contributed by atoms with Crippen molar-refractivity contribution in [1.29, 1.82) is 0 Å². The highest BCUT2D eigenvalue weighted by Gasteiger charge is 2.47. The van der Waals surface area contributed by atoms with Crippen molar-refractivity contribution in [2.24, 2.45) is 0 Å². The Hall–Kier alpha value is -1.96. The van der Waals surface area contributed by atoms with Gasteiger partial charge in [0.1, 0.15) is 23.2 Å². The molecule has 0 aliphatic carbocycles. The van der Waals surface area contributed by atoms with Gasteiger partial charge in [0, 0.05) is 0 Å². The molecule has 3 aromatic carbocycles. The maximum atomic E-state index is 12.8. The zero-order chi connectivity index (χ0) is 18.4. The molecular weight excluding hydrogens is 419 g/mol. The maximum absolute atomic E-state index is 12.8. The molecule has 4 heteroatoms. The molecule has 0 saturated heterocycles. The van der Waals surface area contributed by atoms with Crippen molar-refractivity contribution >= 4 is 29.1 Å². The molecule has 0 spiro atoms. The number of esters is 1. The van der Waals surface area contributed by atoms with Crippen LogP contribution in [0.4, 0.5) is 0 Å². The van der Waals surface area contributed by atoms with Gasteiger partial charge in [0.25, 0.3) is 0 Å². The SMILES string of the molecule is CC(C)OC(=O)C[P+](c1ccccc1)(c1ccccc1)c1ccccc1.[Br-]. The predicted molar refractivity (Wildman–Crippen MR) is 111 cm³/mol. The molecule has 0 aromatic heterocycles. The third-order valence-corrected chi connectivity index (χ3v) is 8.60. The van der Waals surface area contributed by atoms with Crippen molar-refractivity contribution in [1.82, 2.24) is 0 Å². The number of benzene rings is 3. The standard InChI is InChI=1S/C23H24O2P.BrH/c1-19(2)25-23(24)18-26(20-12-6-3-7-13-20,21-14-8-4-9-15-21)22-16-10-5-11-17-22;/h3-17,19H,18H2,1-2H3;1H/q+1;/p-1. The van der Waals surface area contributed by atoms with E-state index in [1.165, 1.54) is 15.9 Å². The van der Waals surface area contributed by atoms with Crippen LogP contribution in [0.2, 0.25) is 0 Å². The predicted octanol–water partition coefficient (Wildman–Crippen LogP) is 0.936.